The highest BCUT2D eigenvalue weighted by Crippen LogP contribution is 2.23. The number of piperazine rings is 1. The van der Waals surface area contributed by atoms with Gasteiger partial charge in [0.1, 0.15) is 17.2 Å². The Hall–Kier alpha value is -3.23. The van der Waals surface area contributed by atoms with Gasteiger partial charge in [0.25, 0.3) is 0 Å². The molecular weight excluding hydrogens is 440 g/mol. The van der Waals surface area contributed by atoms with E-state index in [1.807, 2.05) is 37.3 Å². The minimum Gasteiger partial charge on any atom is -0.477 e. The van der Waals surface area contributed by atoms with Gasteiger partial charge in [0.2, 0.25) is 0 Å². The summed E-state index contributed by atoms with van der Waals surface area (Å²) in [5, 5.41) is 13.3. The molecule has 0 amide bonds. The zero-order valence-electron chi connectivity index (χ0n) is 18.8. The Balaban J connectivity index is 1.52. The Bertz CT molecular complexity index is 1130. The van der Waals surface area contributed by atoms with E-state index in [1.54, 1.807) is 6.20 Å². The number of halogens is 1. The molecule has 0 atom stereocenters. The van der Waals surface area contributed by atoms with Crippen molar-refractivity contribution in [1.29, 1.82) is 0 Å². The summed E-state index contributed by atoms with van der Waals surface area (Å²) in [5.74, 6) is 0.471. The molecule has 33 heavy (non-hydrogen) atoms. The van der Waals surface area contributed by atoms with E-state index in [2.05, 4.69) is 37.0 Å². The van der Waals surface area contributed by atoms with Crippen LogP contribution in [0.3, 0.4) is 0 Å². The Labute approximate surface area is 198 Å². The lowest BCUT2D eigenvalue weighted by molar-refractivity contribution is 0.0697. The van der Waals surface area contributed by atoms with Gasteiger partial charge in [-0.15, -0.1) is 0 Å². The Morgan fingerprint density at radius 3 is 2.55 bits per heavy atom. The predicted molar refractivity (Wildman–Crippen MR) is 130 cm³/mol. The molecule has 2 N–H and O–H groups in total. The van der Waals surface area contributed by atoms with E-state index in [4.69, 9.17) is 11.6 Å². The number of anilines is 2. The molecule has 1 saturated heterocycles. The first-order chi connectivity index (χ1) is 15.9. The van der Waals surface area contributed by atoms with Crippen molar-refractivity contribution in [3.05, 3.63) is 64.4 Å². The minimum atomic E-state index is -1.10. The summed E-state index contributed by atoms with van der Waals surface area (Å²) in [7, 11) is 0. The van der Waals surface area contributed by atoms with Crippen molar-refractivity contribution in [3.8, 4) is 11.4 Å². The smallest absolute Gasteiger partial charge is 0.341 e. The first-order valence-electron chi connectivity index (χ1n) is 11.0. The van der Waals surface area contributed by atoms with Gasteiger partial charge >= 0.3 is 5.97 Å². The molecule has 1 fully saturated rings. The van der Waals surface area contributed by atoms with Gasteiger partial charge in [0.05, 0.1) is 0 Å². The number of hydrogen-bond acceptors (Lipinski definition) is 7. The van der Waals surface area contributed by atoms with Crippen molar-refractivity contribution in [1.82, 2.24) is 19.9 Å². The van der Waals surface area contributed by atoms with Gasteiger partial charge in [-0.3, -0.25) is 0 Å². The van der Waals surface area contributed by atoms with Crippen LogP contribution in [-0.2, 0) is 6.54 Å². The van der Waals surface area contributed by atoms with Gasteiger partial charge in [-0.05, 0) is 42.8 Å². The third-order valence-electron chi connectivity index (χ3n) is 5.82. The Morgan fingerprint density at radius 2 is 1.91 bits per heavy atom. The van der Waals surface area contributed by atoms with E-state index in [-0.39, 0.29) is 11.4 Å². The molecular formula is C24H27ClN6O2. The van der Waals surface area contributed by atoms with Crippen LogP contribution in [0.15, 0.2) is 42.7 Å². The Kier molecular flexibility index (Phi) is 7.05. The molecule has 4 rings (SSSR count). The molecule has 0 saturated carbocycles. The van der Waals surface area contributed by atoms with Crippen molar-refractivity contribution in [3.63, 3.8) is 0 Å². The van der Waals surface area contributed by atoms with Crippen molar-refractivity contribution in [2.75, 3.05) is 42.9 Å². The number of rotatable bonds is 7. The zero-order valence-corrected chi connectivity index (χ0v) is 19.5. The number of carboxylic acid groups (broad SMARTS) is 1. The first kappa shape index (κ1) is 22.9. The maximum Gasteiger partial charge on any atom is 0.341 e. The van der Waals surface area contributed by atoms with Crippen LogP contribution in [0.2, 0.25) is 5.02 Å². The van der Waals surface area contributed by atoms with Gasteiger partial charge in [-0.2, -0.15) is 0 Å². The molecule has 0 unspecified atom stereocenters. The van der Waals surface area contributed by atoms with Crippen molar-refractivity contribution < 1.29 is 9.90 Å². The number of carbonyl (C=O) groups is 1. The van der Waals surface area contributed by atoms with E-state index in [1.165, 1.54) is 6.20 Å². The lowest BCUT2D eigenvalue weighted by Gasteiger charge is -2.34. The number of aromatic nitrogens is 3. The second kappa shape index (κ2) is 10.1. The molecule has 0 spiro atoms. The second-order valence-corrected chi connectivity index (χ2v) is 8.44. The summed E-state index contributed by atoms with van der Waals surface area (Å²) in [6.07, 6.45) is 3.06. The lowest BCUT2D eigenvalue weighted by Crippen LogP contribution is -2.46. The van der Waals surface area contributed by atoms with Crippen molar-refractivity contribution in [2.45, 2.75) is 20.4 Å². The average molecular weight is 467 g/mol. The molecule has 1 aliphatic rings. The van der Waals surface area contributed by atoms with Crippen LogP contribution < -0.4 is 10.2 Å². The van der Waals surface area contributed by atoms with Gasteiger partial charge in [0.15, 0.2) is 5.82 Å². The number of nitrogens with one attached hydrogen (secondary N) is 1. The number of hydrogen-bond donors (Lipinski definition) is 2. The highest BCUT2D eigenvalue weighted by Gasteiger charge is 2.18. The maximum atomic E-state index is 11.7. The van der Waals surface area contributed by atoms with Gasteiger partial charge in [-0.25, -0.2) is 19.7 Å². The van der Waals surface area contributed by atoms with Crippen molar-refractivity contribution in [2.24, 2.45) is 0 Å². The summed E-state index contributed by atoms with van der Waals surface area (Å²) in [5.41, 5.74) is 2.63. The number of pyridine rings is 1. The standard InChI is InChI=1S/C24H27ClN6O2/c1-3-30-8-10-31(11-9-30)21-7-6-18(14-26-21)22-28-15-19(24(32)33)23(29-22)27-13-17-5-4-16(2)12-20(17)25/h4-7,12,14-15H,3,8-11,13H2,1-2H3,(H,32,33)(H,27,28,29). The molecule has 9 heteroatoms. The summed E-state index contributed by atoms with van der Waals surface area (Å²) in [4.78, 5) is 29.7. The number of nitrogens with zero attached hydrogens (tertiary/aromatic N) is 5. The SMILES string of the molecule is CCN1CCN(c2ccc(-c3ncc(C(=O)O)c(NCc4ccc(C)cc4Cl)n3)cn2)CC1. The van der Waals surface area contributed by atoms with Gasteiger partial charge in [0, 0.05) is 55.7 Å². The maximum absolute atomic E-state index is 11.7. The van der Waals surface area contributed by atoms with Gasteiger partial charge in [-0.1, -0.05) is 30.7 Å². The fourth-order valence-electron chi connectivity index (χ4n) is 3.79. The molecule has 3 heterocycles. The van der Waals surface area contributed by atoms with Gasteiger partial charge < -0.3 is 20.2 Å². The van der Waals surface area contributed by atoms with Crippen LogP contribution in [0.1, 0.15) is 28.4 Å². The highest BCUT2D eigenvalue weighted by atomic mass is 35.5. The third kappa shape index (κ3) is 5.40. The molecule has 1 aromatic carbocycles. The molecule has 172 valence electrons. The number of likely N-dealkylation sites (N-methyl/N-ethyl adjacent to an activating group) is 1. The lowest BCUT2D eigenvalue weighted by atomic mass is 10.1. The Morgan fingerprint density at radius 1 is 1.12 bits per heavy atom. The summed E-state index contributed by atoms with van der Waals surface area (Å²) in [6.45, 7) is 9.50. The summed E-state index contributed by atoms with van der Waals surface area (Å²) < 4.78 is 0. The number of carboxylic acids is 1. The predicted octanol–water partition coefficient (Wildman–Crippen LogP) is 3.95. The summed E-state index contributed by atoms with van der Waals surface area (Å²) in [6, 6.07) is 9.63. The fourth-order valence-corrected chi connectivity index (χ4v) is 4.09. The van der Waals surface area contributed by atoms with Crippen LogP contribution >= 0.6 is 11.6 Å². The molecule has 0 aliphatic carbocycles. The van der Waals surface area contributed by atoms with Crippen LogP contribution in [0.5, 0.6) is 0 Å². The normalized spacial score (nSPS) is 14.3. The zero-order chi connectivity index (χ0) is 23.4. The number of aromatic carboxylic acids is 1. The topological polar surface area (TPSA) is 94.5 Å². The minimum absolute atomic E-state index is 0.000332. The van der Waals surface area contributed by atoms with Crippen LogP contribution in [0, 0.1) is 6.92 Å². The molecule has 3 aromatic rings. The highest BCUT2D eigenvalue weighted by molar-refractivity contribution is 6.31. The molecule has 0 bridgehead atoms. The number of aryl methyl sites for hydroxylation is 1. The number of benzene rings is 1. The second-order valence-electron chi connectivity index (χ2n) is 8.04. The van der Waals surface area contributed by atoms with E-state index >= 15 is 0 Å². The first-order valence-corrected chi connectivity index (χ1v) is 11.4. The van der Waals surface area contributed by atoms with Crippen LogP contribution in [-0.4, -0.2) is 63.7 Å². The quantitative estimate of drug-likeness (QED) is 0.540. The molecule has 8 nitrogen and oxygen atoms in total. The van der Waals surface area contributed by atoms with Crippen molar-refractivity contribution >= 4 is 29.2 Å². The molecule has 2 aromatic heterocycles. The fraction of sp³-hybridized carbons (Fsp3) is 0.333. The summed E-state index contributed by atoms with van der Waals surface area (Å²) >= 11 is 6.32. The molecule has 0 radical (unpaired) electrons. The van der Waals surface area contributed by atoms with E-state index in [9.17, 15) is 9.90 Å². The largest absolute Gasteiger partial charge is 0.477 e. The van der Waals surface area contributed by atoms with E-state index < -0.39 is 5.97 Å². The van der Waals surface area contributed by atoms with Crippen LogP contribution in [0.4, 0.5) is 11.6 Å². The monoisotopic (exact) mass is 466 g/mol. The van der Waals surface area contributed by atoms with E-state index in [0.29, 0.717) is 17.4 Å². The van der Waals surface area contributed by atoms with Crippen LogP contribution in [0.25, 0.3) is 11.4 Å². The third-order valence-corrected chi connectivity index (χ3v) is 6.18. The molecule has 1 aliphatic heterocycles. The van der Waals surface area contributed by atoms with E-state index in [0.717, 1.165) is 55.2 Å². The average Bonchev–Trinajstić information content (AvgIpc) is 2.83.